The lowest BCUT2D eigenvalue weighted by Gasteiger charge is -2.45. The molecule has 4 rings (SSSR count). The third kappa shape index (κ3) is 6.79. The van der Waals surface area contributed by atoms with Crippen molar-refractivity contribution in [2.75, 3.05) is 38.2 Å². The zero-order valence-corrected chi connectivity index (χ0v) is 22.6. The number of benzene rings is 2. The second kappa shape index (κ2) is 9.47. The second-order valence-corrected chi connectivity index (χ2v) is 13.6. The molecule has 220 valence electrons. The molecular weight excluding hydrogens is 557 g/mol. The molecule has 0 saturated carbocycles. The predicted molar refractivity (Wildman–Crippen MR) is 136 cm³/mol. The highest BCUT2D eigenvalue weighted by atomic mass is 32.5. The largest absolute Gasteiger partial charge is 0.380 e. The van der Waals surface area contributed by atoms with Gasteiger partial charge < -0.3 is 5.32 Å². The molecule has 0 aliphatic carbocycles. The van der Waals surface area contributed by atoms with Gasteiger partial charge >= 0.3 is 10.2 Å². The minimum atomic E-state index is -10.0. The summed E-state index contributed by atoms with van der Waals surface area (Å²) >= 11 is 0. The van der Waals surface area contributed by atoms with E-state index in [0.29, 0.717) is 32.1 Å². The van der Waals surface area contributed by atoms with Crippen LogP contribution in [0, 0.1) is 11.6 Å². The Hall–Kier alpha value is -2.12. The first kappa shape index (κ1) is 29.9. The van der Waals surface area contributed by atoms with Gasteiger partial charge in [0, 0.05) is 43.5 Å². The van der Waals surface area contributed by atoms with E-state index in [2.05, 4.69) is 5.32 Å². The van der Waals surface area contributed by atoms with Gasteiger partial charge in [-0.05, 0) is 69.0 Å². The molecule has 1 N–H and O–H groups in total. The number of alkyl halides is 2. The van der Waals surface area contributed by atoms with Crippen LogP contribution in [-0.2, 0) is 6.42 Å². The van der Waals surface area contributed by atoms with E-state index in [4.69, 9.17) is 0 Å². The average molecular weight is 590 g/mol. The summed E-state index contributed by atoms with van der Waals surface area (Å²) in [5.41, 5.74) is -2.32. The zero-order chi connectivity index (χ0) is 29.0. The highest BCUT2D eigenvalue weighted by Crippen LogP contribution is 3.02. The van der Waals surface area contributed by atoms with Crippen molar-refractivity contribution in [2.45, 2.75) is 62.3 Å². The third-order valence-corrected chi connectivity index (χ3v) is 8.26. The Balaban J connectivity index is 1.72. The van der Waals surface area contributed by atoms with Crippen molar-refractivity contribution in [3.63, 3.8) is 0 Å². The molecule has 0 radical (unpaired) electrons. The van der Waals surface area contributed by atoms with E-state index >= 15 is 8.78 Å². The van der Waals surface area contributed by atoms with Crippen molar-refractivity contribution < 1.29 is 37.0 Å². The first-order chi connectivity index (χ1) is 17.8. The quantitative estimate of drug-likeness (QED) is 0.298. The molecule has 0 amide bonds. The summed E-state index contributed by atoms with van der Waals surface area (Å²) in [7, 11) is -10.0. The Morgan fingerprint density at radius 2 is 1.62 bits per heavy atom. The molecular formula is C26H32F9N3S. The van der Waals surface area contributed by atoms with Crippen LogP contribution in [0.15, 0.2) is 35.2 Å². The number of rotatable bonds is 9. The Morgan fingerprint density at radius 3 is 2.15 bits per heavy atom. The Kier molecular flexibility index (Phi) is 7.25. The minimum absolute atomic E-state index is 0.00366. The average Bonchev–Trinajstić information content (AvgIpc) is 2.74. The third-order valence-electron chi connectivity index (χ3n) is 7.11. The van der Waals surface area contributed by atoms with Crippen molar-refractivity contribution in [3.05, 3.63) is 58.7 Å². The molecule has 1 fully saturated rings. The minimum Gasteiger partial charge on any atom is -0.380 e. The van der Waals surface area contributed by atoms with Crippen LogP contribution in [0.2, 0.25) is 0 Å². The first-order valence-corrected chi connectivity index (χ1v) is 14.6. The molecule has 3 nitrogen and oxygen atoms in total. The lowest BCUT2D eigenvalue weighted by Crippen LogP contribution is -2.54. The zero-order valence-electron chi connectivity index (χ0n) is 21.8. The van der Waals surface area contributed by atoms with Gasteiger partial charge in [0.1, 0.15) is 22.2 Å². The van der Waals surface area contributed by atoms with E-state index in [-0.39, 0.29) is 41.9 Å². The van der Waals surface area contributed by atoms with Crippen molar-refractivity contribution in [3.8, 4) is 0 Å². The summed E-state index contributed by atoms with van der Waals surface area (Å²) in [5, 5.41) is 3.01. The van der Waals surface area contributed by atoms with Gasteiger partial charge in [-0.3, -0.25) is 14.2 Å². The maximum atomic E-state index is 15.6. The summed E-state index contributed by atoms with van der Waals surface area (Å²) in [5.74, 6) is -2.01. The van der Waals surface area contributed by atoms with Crippen molar-refractivity contribution in [1.82, 2.24) is 9.80 Å². The van der Waals surface area contributed by atoms with Crippen LogP contribution in [0.4, 0.5) is 42.7 Å². The van der Waals surface area contributed by atoms with Gasteiger partial charge in [-0.2, -0.15) is 0 Å². The van der Waals surface area contributed by atoms with Gasteiger partial charge in [-0.15, -0.1) is 0 Å². The van der Waals surface area contributed by atoms with Gasteiger partial charge in [0.25, 0.3) is 0 Å². The van der Waals surface area contributed by atoms with E-state index in [0.717, 1.165) is 18.2 Å². The fraction of sp³-hybridized carbons (Fsp3) is 0.538. The number of fused-ring (bicyclic) bond motifs is 1. The van der Waals surface area contributed by atoms with E-state index in [1.165, 1.54) is 18.7 Å². The standard InChI is InChI=1S/C26H32F9N3S/c1-16-9-17-10-20(39(31,32,33,34)35)5-6-21(17)25(38(16)15-26(2,3)30)24-22(28)11-18(12-23(24)29)36-19-13-37(14-19)8-4-7-27/h5-6,10-12,16,19,25,36H,4,7-9,13-15H2,1-3H3. The number of likely N-dealkylation sites (tertiary alicyclic amines) is 1. The van der Waals surface area contributed by atoms with Crippen molar-refractivity contribution >= 4 is 15.9 Å². The molecule has 2 heterocycles. The van der Waals surface area contributed by atoms with Crippen LogP contribution in [0.3, 0.4) is 0 Å². The van der Waals surface area contributed by atoms with Crippen LogP contribution < -0.4 is 5.32 Å². The maximum absolute atomic E-state index is 15.6. The van der Waals surface area contributed by atoms with Crippen LogP contribution in [0.5, 0.6) is 0 Å². The number of nitrogens with zero attached hydrogens (tertiary/aromatic N) is 2. The summed E-state index contributed by atoms with van der Waals surface area (Å²) in [6, 6.07) is 1.32. The number of hydrogen-bond donors (Lipinski definition) is 1. The maximum Gasteiger partial charge on any atom is 0.310 e. The number of halogens is 9. The molecule has 2 aromatic carbocycles. The molecule has 2 aromatic rings. The number of hydrogen-bond acceptors (Lipinski definition) is 3. The van der Waals surface area contributed by atoms with Gasteiger partial charge in [-0.25, -0.2) is 13.2 Å². The molecule has 1 saturated heterocycles. The van der Waals surface area contributed by atoms with Gasteiger partial charge in [0.05, 0.1) is 18.8 Å². The van der Waals surface area contributed by atoms with E-state index in [1.807, 2.05) is 4.90 Å². The first-order valence-electron chi connectivity index (χ1n) is 12.6. The normalized spacial score (nSPS) is 23.1. The van der Waals surface area contributed by atoms with Crippen LogP contribution >= 0.6 is 10.2 Å². The smallest absolute Gasteiger partial charge is 0.310 e. The Bertz CT molecular complexity index is 1200. The summed E-state index contributed by atoms with van der Waals surface area (Å²) in [4.78, 5) is 1.35. The lowest BCUT2D eigenvalue weighted by molar-refractivity contribution is 0.0652. The fourth-order valence-corrected chi connectivity index (χ4v) is 6.12. The Labute approximate surface area is 222 Å². The van der Waals surface area contributed by atoms with Crippen molar-refractivity contribution in [1.29, 1.82) is 0 Å². The van der Waals surface area contributed by atoms with Gasteiger partial charge in [0.2, 0.25) is 0 Å². The van der Waals surface area contributed by atoms with Gasteiger partial charge in [0.15, 0.2) is 0 Å². The molecule has 0 aromatic heterocycles. The fourth-order valence-electron chi connectivity index (χ4n) is 5.43. The number of anilines is 1. The van der Waals surface area contributed by atoms with Crippen LogP contribution in [-0.4, -0.2) is 60.4 Å². The van der Waals surface area contributed by atoms with Crippen LogP contribution in [0.1, 0.15) is 49.9 Å². The second-order valence-electron chi connectivity index (χ2n) is 11.2. The topological polar surface area (TPSA) is 18.5 Å². The molecule has 13 heteroatoms. The van der Waals surface area contributed by atoms with E-state index in [1.54, 1.807) is 6.92 Å². The highest BCUT2D eigenvalue weighted by molar-refractivity contribution is 8.45. The van der Waals surface area contributed by atoms with E-state index in [9.17, 15) is 28.2 Å². The summed E-state index contributed by atoms with van der Waals surface area (Å²) < 4.78 is 126. The van der Waals surface area contributed by atoms with Crippen LogP contribution in [0.25, 0.3) is 0 Å². The van der Waals surface area contributed by atoms with E-state index < -0.39 is 56.7 Å². The SMILES string of the molecule is CC1Cc2cc(S(F)(F)(F)(F)F)ccc2C(c2c(F)cc(NC3CN(CCCF)C3)cc2F)N1CC(C)(C)F. The predicted octanol–water partition coefficient (Wildman–Crippen LogP) is 8.16. The molecule has 0 bridgehead atoms. The lowest BCUT2D eigenvalue weighted by atomic mass is 9.84. The molecule has 2 aliphatic heterocycles. The van der Waals surface area contributed by atoms with Gasteiger partial charge in [-0.1, -0.05) is 25.5 Å². The monoisotopic (exact) mass is 589 g/mol. The molecule has 2 aliphatic rings. The van der Waals surface area contributed by atoms with Crippen molar-refractivity contribution in [2.24, 2.45) is 0 Å². The Morgan fingerprint density at radius 1 is 1.00 bits per heavy atom. The number of nitrogens with one attached hydrogen (secondary N) is 1. The molecule has 0 spiro atoms. The summed E-state index contributed by atoms with van der Waals surface area (Å²) in [6.07, 6.45) is 0.245. The summed E-state index contributed by atoms with van der Waals surface area (Å²) in [6.45, 7) is 5.02. The molecule has 39 heavy (non-hydrogen) atoms. The molecule has 2 unspecified atom stereocenters. The molecule has 2 atom stereocenters. The highest BCUT2D eigenvalue weighted by Gasteiger charge is 2.65.